The van der Waals surface area contributed by atoms with Gasteiger partial charge in [0, 0.05) is 6.54 Å². The summed E-state index contributed by atoms with van der Waals surface area (Å²) in [6.45, 7) is 0.369. The third-order valence-electron chi connectivity index (χ3n) is 3.55. The van der Waals surface area contributed by atoms with E-state index in [1.165, 1.54) is 36.6 Å². The number of benzene rings is 1. The summed E-state index contributed by atoms with van der Waals surface area (Å²) in [7, 11) is -3.63. The highest BCUT2D eigenvalue weighted by Gasteiger charge is 2.17. The molecule has 1 aromatic rings. The lowest BCUT2D eigenvalue weighted by molar-refractivity contribution is 0.580. The van der Waals surface area contributed by atoms with Crippen LogP contribution in [0.2, 0.25) is 0 Å². The molecule has 1 aromatic carbocycles. The van der Waals surface area contributed by atoms with Crippen LogP contribution in [-0.4, -0.2) is 15.0 Å². The fraction of sp³-hybridized carbons (Fsp3) is 0.400. The van der Waals surface area contributed by atoms with Crippen molar-refractivity contribution in [3.05, 3.63) is 35.4 Å². The van der Waals surface area contributed by atoms with Crippen LogP contribution in [0.5, 0.6) is 0 Å². The summed E-state index contributed by atoms with van der Waals surface area (Å²) in [5.74, 6) is 0. The molecule has 0 amide bonds. The molecule has 0 radical (unpaired) electrons. The molecule has 6 heteroatoms. The van der Waals surface area contributed by atoms with E-state index < -0.39 is 10.0 Å². The zero-order valence-electron chi connectivity index (χ0n) is 11.8. The smallest absolute Gasteiger partial charge is 0.242 e. The third-order valence-corrected chi connectivity index (χ3v) is 5.09. The Morgan fingerprint density at radius 3 is 2.76 bits per heavy atom. The topological polar surface area (TPSA) is 96.0 Å². The largest absolute Gasteiger partial charge is 0.398 e. The second-order valence-corrected chi connectivity index (χ2v) is 6.86. The Bertz CT molecular complexity index is 687. The molecule has 0 aliphatic heterocycles. The molecule has 0 atom stereocenters. The highest BCUT2D eigenvalue weighted by atomic mass is 32.2. The van der Waals surface area contributed by atoms with E-state index in [0.717, 1.165) is 19.3 Å². The highest BCUT2D eigenvalue weighted by Crippen LogP contribution is 2.21. The summed E-state index contributed by atoms with van der Waals surface area (Å²) >= 11 is 0. The van der Waals surface area contributed by atoms with Gasteiger partial charge in [0.2, 0.25) is 10.0 Å². The maximum absolute atomic E-state index is 12.2. The fourth-order valence-corrected chi connectivity index (χ4v) is 3.56. The molecule has 1 aliphatic rings. The van der Waals surface area contributed by atoms with Crippen LogP contribution in [0, 0.1) is 11.3 Å². The molecule has 0 aromatic heterocycles. The zero-order chi connectivity index (χ0) is 15.3. The number of nitrogens with zero attached hydrogens (tertiary/aromatic N) is 1. The van der Waals surface area contributed by atoms with Gasteiger partial charge in [0.05, 0.1) is 17.3 Å². The normalized spacial score (nSPS) is 15.3. The van der Waals surface area contributed by atoms with Crippen molar-refractivity contribution < 1.29 is 8.42 Å². The van der Waals surface area contributed by atoms with Crippen molar-refractivity contribution in [2.45, 2.75) is 37.0 Å². The summed E-state index contributed by atoms with van der Waals surface area (Å²) in [6, 6.07) is 6.13. The molecule has 21 heavy (non-hydrogen) atoms. The Kier molecular flexibility index (Phi) is 4.99. The Balaban J connectivity index is 2.01. The third kappa shape index (κ3) is 4.06. The molecule has 2 rings (SSSR count). The number of hydrogen-bond donors (Lipinski definition) is 2. The first-order valence-electron chi connectivity index (χ1n) is 7.00. The molecule has 1 aliphatic carbocycles. The van der Waals surface area contributed by atoms with Gasteiger partial charge in [0.1, 0.15) is 4.90 Å². The second-order valence-electron chi connectivity index (χ2n) is 5.12. The first-order chi connectivity index (χ1) is 10.0. The molecular formula is C15H19N3O2S. The van der Waals surface area contributed by atoms with Crippen molar-refractivity contribution in [3.8, 4) is 6.07 Å². The lowest BCUT2D eigenvalue weighted by Gasteiger charge is -2.13. The lowest BCUT2D eigenvalue weighted by Crippen LogP contribution is -2.26. The number of nitrogens with two attached hydrogens (primary N) is 1. The van der Waals surface area contributed by atoms with Crippen molar-refractivity contribution in [1.29, 1.82) is 5.26 Å². The van der Waals surface area contributed by atoms with Gasteiger partial charge in [-0.15, -0.1) is 0 Å². The second kappa shape index (κ2) is 6.74. The van der Waals surface area contributed by atoms with Gasteiger partial charge < -0.3 is 5.73 Å². The minimum Gasteiger partial charge on any atom is -0.398 e. The maximum Gasteiger partial charge on any atom is 0.242 e. The summed E-state index contributed by atoms with van der Waals surface area (Å²) in [5, 5.41) is 8.76. The van der Waals surface area contributed by atoms with E-state index in [-0.39, 0.29) is 10.6 Å². The first-order valence-corrected chi connectivity index (χ1v) is 8.48. The van der Waals surface area contributed by atoms with Gasteiger partial charge in [-0.25, -0.2) is 13.1 Å². The van der Waals surface area contributed by atoms with E-state index in [9.17, 15) is 8.42 Å². The minimum absolute atomic E-state index is 0.0270. The number of rotatable bonds is 5. The average Bonchev–Trinajstić information content (AvgIpc) is 2.47. The molecule has 5 nitrogen and oxygen atoms in total. The minimum atomic E-state index is -3.63. The van der Waals surface area contributed by atoms with Crippen molar-refractivity contribution in [2.24, 2.45) is 0 Å². The highest BCUT2D eigenvalue weighted by molar-refractivity contribution is 7.89. The van der Waals surface area contributed by atoms with Crippen LogP contribution >= 0.6 is 0 Å². The zero-order valence-corrected chi connectivity index (χ0v) is 12.6. The maximum atomic E-state index is 12.2. The first kappa shape index (κ1) is 15.5. The molecule has 0 saturated heterocycles. The fourth-order valence-electron chi connectivity index (χ4n) is 2.42. The molecule has 0 heterocycles. The van der Waals surface area contributed by atoms with Crippen LogP contribution in [0.4, 0.5) is 5.69 Å². The Labute approximate surface area is 125 Å². The van der Waals surface area contributed by atoms with E-state index >= 15 is 0 Å². The van der Waals surface area contributed by atoms with Crippen LogP contribution in [0.15, 0.2) is 34.7 Å². The monoisotopic (exact) mass is 305 g/mol. The van der Waals surface area contributed by atoms with Gasteiger partial charge in [-0.2, -0.15) is 5.26 Å². The Morgan fingerprint density at radius 1 is 1.33 bits per heavy atom. The SMILES string of the molecule is N#Cc1ccc(S(=O)(=O)NCCC2=CCCCC2)c(N)c1. The summed E-state index contributed by atoms with van der Waals surface area (Å²) in [4.78, 5) is 0.0270. The molecule has 0 spiro atoms. The van der Waals surface area contributed by atoms with Crippen LogP contribution in [-0.2, 0) is 10.0 Å². The number of anilines is 1. The lowest BCUT2D eigenvalue weighted by atomic mass is 9.97. The van der Waals surface area contributed by atoms with Gasteiger partial charge in [-0.1, -0.05) is 11.6 Å². The van der Waals surface area contributed by atoms with Crippen LogP contribution in [0.3, 0.4) is 0 Å². The predicted molar refractivity (Wildman–Crippen MR) is 81.9 cm³/mol. The molecule has 112 valence electrons. The van der Waals surface area contributed by atoms with E-state index in [0.29, 0.717) is 12.1 Å². The number of nitriles is 1. The van der Waals surface area contributed by atoms with E-state index in [4.69, 9.17) is 11.0 Å². The molecule has 0 fully saturated rings. The quantitative estimate of drug-likeness (QED) is 0.644. The summed E-state index contributed by atoms with van der Waals surface area (Å²) < 4.78 is 27.0. The summed E-state index contributed by atoms with van der Waals surface area (Å²) in [6.07, 6.45) is 7.48. The number of sulfonamides is 1. The van der Waals surface area contributed by atoms with Crippen molar-refractivity contribution in [2.75, 3.05) is 12.3 Å². The van der Waals surface area contributed by atoms with Gasteiger partial charge in [0.15, 0.2) is 0 Å². The summed E-state index contributed by atoms with van der Waals surface area (Å²) in [5.41, 5.74) is 7.47. The Hall–Kier alpha value is -1.84. The predicted octanol–water partition coefficient (Wildman–Crippen LogP) is 2.31. The van der Waals surface area contributed by atoms with Crippen molar-refractivity contribution in [1.82, 2.24) is 4.72 Å². The van der Waals surface area contributed by atoms with Gasteiger partial charge in [0.25, 0.3) is 0 Å². The number of hydrogen-bond acceptors (Lipinski definition) is 4. The van der Waals surface area contributed by atoms with Crippen molar-refractivity contribution in [3.63, 3.8) is 0 Å². The van der Waals surface area contributed by atoms with Crippen molar-refractivity contribution >= 4 is 15.7 Å². The average molecular weight is 305 g/mol. The number of nitrogen functional groups attached to an aromatic ring is 1. The Morgan fingerprint density at radius 2 is 2.14 bits per heavy atom. The van der Waals surface area contributed by atoms with Gasteiger partial charge in [-0.3, -0.25) is 0 Å². The molecule has 0 saturated carbocycles. The van der Waals surface area contributed by atoms with Gasteiger partial charge >= 0.3 is 0 Å². The van der Waals surface area contributed by atoms with Crippen LogP contribution < -0.4 is 10.5 Å². The van der Waals surface area contributed by atoms with E-state index in [1.54, 1.807) is 0 Å². The number of allylic oxidation sites excluding steroid dienone is 1. The molecule has 3 N–H and O–H groups in total. The van der Waals surface area contributed by atoms with Crippen LogP contribution in [0.25, 0.3) is 0 Å². The van der Waals surface area contributed by atoms with Gasteiger partial charge in [-0.05, 0) is 50.3 Å². The molecular weight excluding hydrogens is 286 g/mol. The van der Waals surface area contributed by atoms with E-state index in [2.05, 4.69) is 10.8 Å². The molecule has 0 unspecified atom stereocenters. The number of nitrogens with one attached hydrogen (secondary N) is 1. The van der Waals surface area contributed by atoms with Crippen LogP contribution in [0.1, 0.15) is 37.7 Å². The molecule has 0 bridgehead atoms. The standard InChI is InChI=1S/C15H19N3O2S/c16-11-13-6-7-15(14(17)10-13)21(19,20)18-9-8-12-4-2-1-3-5-12/h4,6-7,10,18H,1-3,5,8-9,17H2. The van der Waals surface area contributed by atoms with E-state index in [1.807, 2.05) is 6.07 Å².